The topological polar surface area (TPSA) is 88.8 Å². The molecule has 1 aliphatic heterocycles. The summed E-state index contributed by atoms with van der Waals surface area (Å²) in [6.07, 6.45) is 0.890. The average molecular weight is 248 g/mol. The van der Waals surface area contributed by atoms with Crippen LogP contribution in [0.5, 0.6) is 0 Å². The normalized spacial score (nSPS) is 13.2. The van der Waals surface area contributed by atoms with Gasteiger partial charge in [0, 0.05) is 12.1 Å². The highest BCUT2D eigenvalue weighted by atomic mass is 32.1. The Bertz CT molecular complexity index is 564. The SMILES string of the molecule is Cc1cc(Nc2nc(N)c3c(n2)NCC3)sn1. The van der Waals surface area contributed by atoms with Crippen LogP contribution in [-0.2, 0) is 6.42 Å². The summed E-state index contributed by atoms with van der Waals surface area (Å²) in [5, 5.41) is 7.21. The van der Waals surface area contributed by atoms with Crippen LogP contribution in [0.25, 0.3) is 0 Å². The largest absolute Gasteiger partial charge is 0.383 e. The number of aryl methyl sites for hydroxylation is 1. The van der Waals surface area contributed by atoms with Gasteiger partial charge in [-0.3, -0.25) is 0 Å². The van der Waals surface area contributed by atoms with Gasteiger partial charge in [-0.05, 0) is 30.9 Å². The molecule has 0 radical (unpaired) electrons. The summed E-state index contributed by atoms with van der Waals surface area (Å²) in [5.41, 5.74) is 7.88. The minimum absolute atomic E-state index is 0.513. The highest BCUT2D eigenvalue weighted by Crippen LogP contribution is 2.27. The van der Waals surface area contributed by atoms with Crippen molar-refractivity contribution in [3.8, 4) is 0 Å². The molecule has 2 aromatic rings. The quantitative estimate of drug-likeness (QED) is 0.747. The van der Waals surface area contributed by atoms with Crippen LogP contribution in [0.3, 0.4) is 0 Å². The Morgan fingerprint density at radius 3 is 3.12 bits per heavy atom. The highest BCUT2D eigenvalue weighted by molar-refractivity contribution is 7.10. The lowest BCUT2D eigenvalue weighted by atomic mass is 10.2. The van der Waals surface area contributed by atoms with Crippen molar-refractivity contribution in [2.75, 3.05) is 22.9 Å². The van der Waals surface area contributed by atoms with E-state index in [-0.39, 0.29) is 0 Å². The summed E-state index contributed by atoms with van der Waals surface area (Å²) in [6, 6.07) is 1.95. The van der Waals surface area contributed by atoms with E-state index in [2.05, 4.69) is 25.0 Å². The lowest BCUT2D eigenvalue weighted by molar-refractivity contribution is 1.09. The molecule has 0 spiro atoms. The molecule has 0 saturated carbocycles. The van der Waals surface area contributed by atoms with Crippen molar-refractivity contribution in [3.63, 3.8) is 0 Å². The first-order chi connectivity index (χ1) is 8.22. The van der Waals surface area contributed by atoms with Crippen LogP contribution in [0.2, 0.25) is 0 Å². The van der Waals surface area contributed by atoms with Crippen LogP contribution in [0.1, 0.15) is 11.3 Å². The number of rotatable bonds is 2. The van der Waals surface area contributed by atoms with Gasteiger partial charge in [-0.15, -0.1) is 0 Å². The van der Waals surface area contributed by atoms with Crippen molar-refractivity contribution < 1.29 is 0 Å². The Labute approximate surface area is 102 Å². The number of aromatic nitrogens is 3. The Morgan fingerprint density at radius 1 is 1.47 bits per heavy atom. The van der Waals surface area contributed by atoms with E-state index in [1.165, 1.54) is 11.5 Å². The maximum absolute atomic E-state index is 5.89. The van der Waals surface area contributed by atoms with Gasteiger partial charge in [0.25, 0.3) is 0 Å². The minimum atomic E-state index is 0.513. The van der Waals surface area contributed by atoms with E-state index in [1.807, 2.05) is 13.0 Å². The first kappa shape index (κ1) is 10.3. The van der Waals surface area contributed by atoms with Crippen molar-refractivity contribution in [3.05, 3.63) is 17.3 Å². The third-order valence-corrected chi connectivity index (χ3v) is 3.37. The molecule has 1 aliphatic rings. The average Bonchev–Trinajstić information content (AvgIpc) is 2.87. The molecule has 0 aromatic carbocycles. The Hall–Kier alpha value is -1.89. The standard InChI is InChI=1S/C10H12N6S/c1-5-4-7(17-16-5)13-10-14-8(11)6-2-3-12-9(6)15-10/h4H,2-3H2,1H3,(H4,11,12,13,14,15). The molecule has 0 atom stereocenters. The van der Waals surface area contributed by atoms with Crippen molar-refractivity contribution >= 4 is 34.1 Å². The second-order valence-corrected chi connectivity index (χ2v) is 4.70. The fraction of sp³-hybridized carbons (Fsp3) is 0.300. The molecule has 3 heterocycles. The van der Waals surface area contributed by atoms with Gasteiger partial charge >= 0.3 is 0 Å². The molecule has 17 heavy (non-hydrogen) atoms. The fourth-order valence-corrected chi connectivity index (χ4v) is 2.44. The fourth-order valence-electron chi connectivity index (χ4n) is 1.79. The number of nitrogens with one attached hydrogen (secondary N) is 2. The molecule has 0 saturated heterocycles. The first-order valence-electron chi connectivity index (χ1n) is 5.33. The number of nitrogens with two attached hydrogens (primary N) is 1. The van der Waals surface area contributed by atoms with Crippen molar-refractivity contribution in [2.45, 2.75) is 13.3 Å². The van der Waals surface area contributed by atoms with Gasteiger partial charge in [-0.2, -0.15) is 14.3 Å². The van der Waals surface area contributed by atoms with E-state index in [4.69, 9.17) is 5.73 Å². The van der Waals surface area contributed by atoms with Gasteiger partial charge in [0.1, 0.15) is 16.6 Å². The molecule has 6 nitrogen and oxygen atoms in total. The lowest BCUT2D eigenvalue weighted by Gasteiger charge is -2.06. The molecule has 2 aromatic heterocycles. The minimum Gasteiger partial charge on any atom is -0.383 e. The molecule has 4 N–H and O–H groups in total. The predicted molar refractivity (Wildman–Crippen MR) is 68.8 cm³/mol. The van der Waals surface area contributed by atoms with Gasteiger partial charge in [0.05, 0.1) is 5.69 Å². The number of nitrogen functional groups attached to an aromatic ring is 1. The summed E-state index contributed by atoms with van der Waals surface area (Å²) >= 11 is 1.38. The highest BCUT2D eigenvalue weighted by Gasteiger charge is 2.17. The molecule has 0 bridgehead atoms. The third-order valence-electron chi connectivity index (χ3n) is 2.57. The van der Waals surface area contributed by atoms with Crippen molar-refractivity contribution in [2.24, 2.45) is 0 Å². The summed E-state index contributed by atoms with van der Waals surface area (Å²) in [5.74, 6) is 1.89. The van der Waals surface area contributed by atoms with Gasteiger partial charge in [0.15, 0.2) is 0 Å². The predicted octanol–water partition coefficient (Wildman–Crippen LogP) is 1.54. The Balaban J connectivity index is 1.91. The lowest BCUT2D eigenvalue weighted by Crippen LogP contribution is -2.03. The first-order valence-corrected chi connectivity index (χ1v) is 6.10. The van der Waals surface area contributed by atoms with E-state index in [0.29, 0.717) is 11.8 Å². The summed E-state index contributed by atoms with van der Waals surface area (Å²) in [4.78, 5) is 8.63. The number of hydrogen-bond donors (Lipinski definition) is 3. The van der Waals surface area contributed by atoms with Crippen LogP contribution in [-0.4, -0.2) is 20.9 Å². The van der Waals surface area contributed by atoms with Crippen LogP contribution < -0.4 is 16.4 Å². The van der Waals surface area contributed by atoms with Crippen molar-refractivity contribution in [1.82, 2.24) is 14.3 Å². The smallest absolute Gasteiger partial charge is 0.231 e. The second kappa shape index (κ2) is 3.85. The molecule has 3 rings (SSSR count). The maximum atomic E-state index is 5.89. The molecule has 0 aliphatic carbocycles. The van der Waals surface area contributed by atoms with Gasteiger partial charge in [-0.25, -0.2) is 0 Å². The Kier molecular flexibility index (Phi) is 2.32. The number of nitrogens with zero attached hydrogens (tertiary/aromatic N) is 3. The van der Waals surface area contributed by atoms with Gasteiger partial charge < -0.3 is 16.4 Å². The summed E-state index contributed by atoms with van der Waals surface area (Å²) < 4.78 is 4.18. The monoisotopic (exact) mass is 248 g/mol. The summed E-state index contributed by atoms with van der Waals surface area (Å²) in [7, 11) is 0. The van der Waals surface area contributed by atoms with E-state index >= 15 is 0 Å². The van der Waals surface area contributed by atoms with E-state index in [1.54, 1.807) is 0 Å². The van der Waals surface area contributed by atoms with Crippen LogP contribution >= 0.6 is 11.5 Å². The Morgan fingerprint density at radius 2 is 2.35 bits per heavy atom. The van der Waals surface area contributed by atoms with Crippen molar-refractivity contribution in [1.29, 1.82) is 0 Å². The van der Waals surface area contributed by atoms with E-state index in [9.17, 15) is 0 Å². The third kappa shape index (κ3) is 1.89. The number of anilines is 4. The molecule has 7 heteroatoms. The molecular weight excluding hydrogens is 236 g/mol. The zero-order chi connectivity index (χ0) is 11.8. The maximum Gasteiger partial charge on any atom is 0.231 e. The second-order valence-electron chi connectivity index (χ2n) is 3.89. The molecule has 0 unspecified atom stereocenters. The van der Waals surface area contributed by atoms with E-state index in [0.717, 1.165) is 35.0 Å². The zero-order valence-electron chi connectivity index (χ0n) is 9.32. The molecule has 88 valence electrons. The summed E-state index contributed by atoms with van der Waals surface area (Å²) in [6.45, 7) is 2.82. The van der Waals surface area contributed by atoms with E-state index < -0.39 is 0 Å². The zero-order valence-corrected chi connectivity index (χ0v) is 10.1. The molecular formula is C10H12N6S. The number of fused-ring (bicyclic) bond motifs is 1. The van der Waals surface area contributed by atoms with Gasteiger partial charge in [0.2, 0.25) is 5.95 Å². The molecule has 0 fully saturated rings. The molecule has 0 amide bonds. The van der Waals surface area contributed by atoms with Crippen LogP contribution in [0.4, 0.5) is 22.6 Å². The van der Waals surface area contributed by atoms with Gasteiger partial charge in [-0.1, -0.05) is 0 Å². The van der Waals surface area contributed by atoms with Crippen LogP contribution in [0, 0.1) is 6.92 Å². The van der Waals surface area contributed by atoms with Crippen LogP contribution in [0.15, 0.2) is 6.07 Å². The number of hydrogen-bond acceptors (Lipinski definition) is 7.